The van der Waals surface area contributed by atoms with Crippen molar-refractivity contribution in [1.82, 2.24) is 10.2 Å². The molecule has 1 fully saturated rings. The average Bonchev–Trinajstić information content (AvgIpc) is 2.30. The van der Waals surface area contributed by atoms with E-state index >= 15 is 0 Å². The molecular weight excluding hydrogens is 196 g/mol. The molecule has 0 aromatic rings. The lowest BCUT2D eigenvalue weighted by Gasteiger charge is -2.34. The lowest BCUT2D eigenvalue weighted by molar-refractivity contribution is 0.186. The molecule has 96 valence electrons. The number of nitrogens with zero attached hydrogens (tertiary/aromatic N) is 1. The molecule has 1 saturated heterocycles. The number of rotatable bonds is 7. The van der Waals surface area contributed by atoms with E-state index in [2.05, 4.69) is 31.0 Å². The smallest absolute Gasteiger partial charge is 0.0198 e. The van der Waals surface area contributed by atoms with Crippen LogP contribution in [-0.4, -0.2) is 36.6 Å². The average molecular weight is 226 g/mol. The lowest BCUT2D eigenvalue weighted by atomic mass is 10.0. The molecule has 0 aromatic carbocycles. The Balaban J connectivity index is 2.31. The van der Waals surface area contributed by atoms with Crippen LogP contribution < -0.4 is 5.32 Å². The number of likely N-dealkylation sites (N-methyl/N-ethyl adjacent to an activating group) is 1. The van der Waals surface area contributed by atoms with E-state index < -0.39 is 0 Å². The third-order valence-corrected chi connectivity index (χ3v) is 3.70. The van der Waals surface area contributed by atoms with Gasteiger partial charge in [0.2, 0.25) is 0 Å². The maximum absolute atomic E-state index is 3.88. The zero-order chi connectivity index (χ0) is 11.8. The molecule has 1 unspecified atom stereocenters. The molecule has 0 spiro atoms. The van der Waals surface area contributed by atoms with Crippen LogP contribution in [0.4, 0.5) is 0 Å². The minimum atomic E-state index is 0.747. The number of hydrogen-bond acceptors (Lipinski definition) is 2. The van der Waals surface area contributed by atoms with Gasteiger partial charge >= 0.3 is 0 Å². The summed E-state index contributed by atoms with van der Waals surface area (Å²) >= 11 is 0. The van der Waals surface area contributed by atoms with Crippen molar-refractivity contribution < 1.29 is 0 Å². The SMILES string of the molecule is CCCC(CCC)NC1CCCN(CC)C1. The van der Waals surface area contributed by atoms with Crippen molar-refractivity contribution in [3.05, 3.63) is 0 Å². The van der Waals surface area contributed by atoms with Gasteiger partial charge in [-0.15, -0.1) is 0 Å². The summed E-state index contributed by atoms with van der Waals surface area (Å²) in [6.07, 6.45) is 8.05. The van der Waals surface area contributed by atoms with Gasteiger partial charge in [0.25, 0.3) is 0 Å². The summed E-state index contributed by atoms with van der Waals surface area (Å²) in [5.74, 6) is 0. The highest BCUT2D eigenvalue weighted by molar-refractivity contribution is 4.81. The molecule has 1 rings (SSSR count). The monoisotopic (exact) mass is 226 g/mol. The Morgan fingerprint density at radius 1 is 1.19 bits per heavy atom. The van der Waals surface area contributed by atoms with Gasteiger partial charge in [-0.1, -0.05) is 33.6 Å². The Labute approximate surface area is 102 Å². The number of piperidine rings is 1. The van der Waals surface area contributed by atoms with Gasteiger partial charge in [-0.2, -0.15) is 0 Å². The van der Waals surface area contributed by atoms with Gasteiger partial charge in [0.15, 0.2) is 0 Å². The zero-order valence-corrected chi connectivity index (χ0v) is 11.5. The molecule has 16 heavy (non-hydrogen) atoms. The molecule has 2 nitrogen and oxygen atoms in total. The molecule has 0 aliphatic carbocycles. The van der Waals surface area contributed by atoms with Crippen LogP contribution in [0.25, 0.3) is 0 Å². The predicted octanol–water partition coefficient (Wildman–Crippen LogP) is 3.03. The van der Waals surface area contributed by atoms with E-state index in [-0.39, 0.29) is 0 Å². The van der Waals surface area contributed by atoms with Crippen LogP contribution in [0.3, 0.4) is 0 Å². The molecular formula is C14H30N2. The molecule has 1 heterocycles. The second-order valence-corrected chi connectivity index (χ2v) is 5.17. The van der Waals surface area contributed by atoms with Crippen molar-refractivity contribution in [1.29, 1.82) is 0 Å². The predicted molar refractivity (Wildman–Crippen MR) is 71.9 cm³/mol. The van der Waals surface area contributed by atoms with Crippen molar-refractivity contribution in [3.8, 4) is 0 Å². The fraction of sp³-hybridized carbons (Fsp3) is 1.00. The van der Waals surface area contributed by atoms with Gasteiger partial charge in [-0.3, -0.25) is 0 Å². The summed E-state index contributed by atoms with van der Waals surface area (Å²) in [6, 6.07) is 1.51. The molecule has 2 heteroatoms. The first-order valence-electron chi connectivity index (χ1n) is 7.28. The van der Waals surface area contributed by atoms with Crippen molar-refractivity contribution in [2.45, 2.75) is 71.4 Å². The van der Waals surface area contributed by atoms with Crippen molar-refractivity contribution in [2.24, 2.45) is 0 Å². The lowest BCUT2D eigenvalue weighted by Crippen LogP contribution is -2.48. The van der Waals surface area contributed by atoms with Crippen LogP contribution >= 0.6 is 0 Å². The third kappa shape index (κ3) is 4.84. The molecule has 0 aromatic heterocycles. The van der Waals surface area contributed by atoms with Crippen LogP contribution in [-0.2, 0) is 0 Å². The van der Waals surface area contributed by atoms with E-state index in [1.807, 2.05) is 0 Å². The van der Waals surface area contributed by atoms with E-state index in [4.69, 9.17) is 0 Å². The second-order valence-electron chi connectivity index (χ2n) is 5.17. The molecule has 1 aliphatic rings. The van der Waals surface area contributed by atoms with Gasteiger partial charge in [-0.05, 0) is 38.8 Å². The number of likely N-dealkylation sites (tertiary alicyclic amines) is 1. The topological polar surface area (TPSA) is 15.3 Å². The summed E-state index contributed by atoms with van der Waals surface area (Å²) in [6.45, 7) is 10.6. The fourth-order valence-electron chi connectivity index (χ4n) is 2.82. The van der Waals surface area contributed by atoms with Crippen molar-refractivity contribution in [2.75, 3.05) is 19.6 Å². The molecule has 0 bridgehead atoms. The Hall–Kier alpha value is -0.0800. The summed E-state index contributed by atoms with van der Waals surface area (Å²) in [5, 5.41) is 3.88. The van der Waals surface area contributed by atoms with Crippen molar-refractivity contribution >= 4 is 0 Å². The van der Waals surface area contributed by atoms with Crippen LogP contribution in [0.15, 0.2) is 0 Å². The van der Waals surface area contributed by atoms with E-state index in [1.165, 1.54) is 58.2 Å². The molecule has 1 N–H and O–H groups in total. The van der Waals surface area contributed by atoms with E-state index in [0.29, 0.717) is 0 Å². The largest absolute Gasteiger partial charge is 0.310 e. The van der Waals surface area contributed by atoms with Crippen molar-refractivity contribution in [3.63, 3.8) is 0 Å². The summed E-state index contributed by atoms with van der Waals surface area (Å²) in [7, 11) is 0. The van der Waals surface area contributed by atoms with Crippen LogP contribution in [0.2, 0.25) is 0 Å². The Morgan fingerprint density at radius 3 is 2.44 bits per heavy atom. The zero-order valence-electron chi connectivity index (χ0n) is 11.5. The summed E-state index contributed by atoms with van der Waals surface area (Å²) in [4.78, 5) is 2.58. The molecule has 0 saturated carbocycles. The van der Waals surface area contributed by atoms with Crippen LogP contribution in [0.1, 0.15) is 59.3 Å². The number of hydrogen-bond donors (Lipinski definition) is 1. The van der Waals surface area contributed by atoms with Gasteiger partial charge in [-0.25, -0.2) is 0 Å². The van der Waals surface area contributed by atoms with Gasteiger partial charge in [0, 0.05) is 18.6 Å². The first-order chi connectivity index (χ1) is 7.80. The van der Waals surface area contributed by atoms with E-state index in [0.717, 1.165) is 12.1 Å². The standard InChI is InChI=1S/C14H30N2/c1-4-8-13(9-5-2)15-14-10-7-11-16(6-3)12-14/h13-15H,4-12H2,1-3H3. The van der Waals surface area contributed by atoms with E-state index in [1.54, 1.807) is 0 Å². The normalized spacial score (nSPS) is 22.9. The Kier molecular flexibility index (Phi) is 7.06. The maximum atomic E-state index is 3.88. The van der Waals surface area contributed by atoms with E-state index in [9.17, 15) is 0 Å². The third-order valence-electron chi connectivity index (χ3n) is 3.70. The first-order valence-corrected chi connectivity index (χ1v) is 7.28. The van der Waals surface area contributed by atoms with Gasteiger partial charge in [0.1, 0.15) is 0 Å². The Morgan fingerprint density at radius 2 is 1.88 bits per heavy atom. The minimum absolute atomic E-state index is 0.747. The van der Waals surface area contributed by atoms with Crippen LogP contribution in [0.5, 0.6) is 0 Å². The number of nitrogens with one attached hydrogen (secondary N) is 1. The van der Waals surface area contributed by atoms with Gasteiger partial charge < -0.3 is 10.2 Å². The second kappa shape index (κ2) is 8.08. The minimum Gasteiger partial charge on any atom is -0.310 e. The first kappa shape index (κ1) is 14.0. The highest BCUT2D eigenvalue weighted by Gasteiger charge is 2.20. The summed E-state index contributed by atoms with van der Waals surface area (Å²) < 4.78 is 0. The molecule has 0 amide bonds. The molecule has 1 aliphatic heterocycles. The summed E-state index contributed by atoms with van der Waals surface area (Å²) in [5.41, 5.74) is 0. The molecule has 0 radical (unpaired) electrons. The molecule has 1 atom stereocenters. The van der Waals surface area contributed by atoms with Crippen LogP contribution in [0, 0.1) is 0 Å². The maximum Gasteiger partial charge on any atom is 0.0198 e. The highest BCUT2D eigenvalue weighted by Crippen LogP contribution is 2.13. The van der Waals surface area contributed by atoms with Gasteiger partial charge in [0.05, 0.1) is 0 Å². The quantitative estimate of drug-likeness (QED) is 0.718. The fourth-order valence-corrected chi connectivity index (χ4v) is 2.82. The highest BCUT2D eigenvalue weighted by atomic mass is 15.2. The Bertz CT molecular complexity index is 164.